The van der Waals surface area contributed by atoms with Gasteiger partial charge in [-0.15, -0.1) is 0 Å². The molecule has 0 aliphatic carbocycles. The Bertz CT molecular complexity index is 361. The van der Waals surface area contributed by atoms with Crippen molar-refractivity contribution < 1.29 is 9.53 Å². The molecule has 1 aromatic heterocycles. The number of carbonyl (C=O) groups excluding carboxylic acids is 1. The molecule has 0 amide bonds. The van der Waals surface area contributed by atoms with Crippen LogP contribution in [0.5, 0.6) is 0 Å². The van der Waals surface area contributed by atoms with E-state index in [1.165, 1.54) is 0 Å². The molecule has 2 unspecified atom stereocenters. The van der Waals surface area contributed by atoms with Crippen molar-refractivity contribution in [2.75, 3.05) is 6.54 Å². The molecular formula is C10H15N3O2. The molecule has 0 spiro atoms. The molecule has 1 aromatic rings. The molecule has 2 rings (SSSR count). The fourth-order valence-electron chi connectivity index (χ4n) is 1.78. The third-order valence-electron chi connectivity index (χ3n) is 2.62. The summed E-state index contributed by atoms with van der Waals surface area (Å²) in [5.74, 6) is -0.0356. The maximum atomic E-state index is 11.9. The van der Waals surface area contributed by atoms with Gasteiger partial charge in [-0.1, -0.05) is 0 Å². The van der Waals surface area contributed by atoms with Crippen LogP contribution in [-0.2, 0) is 11.8 Å². The second-order valence-electron chi connectivity index (χ2n) is 3.85. The van der Waals surface area contributed by atoms with Crippen molar-refractivity contribution >= 4 is 5.78 Å². The summed E-state index contributed by atoms with van der Waals surface area (Å²) >= 11 is 0. The Balaban J connectivity index is 2.03. The average molecular weight is 209 g/mol. The predicted octanol–water partition coefficient (Wildman–Crippen LogP) is 0.109. The van der Waals surface area contributed by atoms with E-state index in [2.05, 4.69) is 4.98 Å². The zero-order valence-corrected chi connectivity index (χ0v) is 8.72. The van der Waals surface area contributed by atoms with Crippen molar-refractivity contribution in [1.29, 1.82) is 0 Å². The largest absolute Gasteiger partial charge is 0.365 e. The van der Waals surface area contributed by atoms with E-state index in [9.17, 15) is 4.79 Å². The normalized spacial score (nSPS) is 25.7. The Morgan fingerprint density at radius 3 is 3.07 bits per heavy atom. The summed E-state index contributed by atoms with van der Waals surface area (Å²) in [6.45, 7) is 0.478. The Labute approximate surface area is 88.2 Å². The predicted molar refractivity (Wildman–Crippen MR) is 54.5 cm³/mol. The Hall–Kier alpha value is -1.20. The summed E-state index contributed by atoms with van der Waals surface area (Å²) in [5, 5.41) is 0. The Morgan fingerprint density at radius 2 is 2.53 bits per heavy atom. The lowest BCUT2D eigenvalue weighted by Crippen LogP contribution is -2.25. The SMILES string of the molecule is Cn1cnc(C(=O)C2CCC(CN)O2)c1. The highest BCUT2D eigenvalue weighted by molar-refractivity contribution is 5.97. The second kappa shape index (κ2) is 4.12. The molecule has 2 atom stereocenters. The number of rotatable bonds is 3. The lowest BCUT2D eigenvalue weighted by molar-refractivity contribution is 0.0400. The maximum Gasteiger partial charge on any atom is 0.211 e. The minimum Gasteiger partial charge on any atom is -0.365 e. The van der Waals surface area contributed by atoms with E-state index in [1.807, 2.05) is 7.05 Å². The van der Waals surface area contributed by atoms with Crippen LogP contribution >= 0.6 is 0 Å². The van der Waals surface area contributed by atoms with Gasteiger partial charge in [0.25, 0.3) is 0 Å². The van der Waals surface area contributed by atoms with Gasteiger partial charge < -0.3 is 15.0 Å². The van der Waals surface area contributed by atoms with E-state index < -0.39 is 0 Å². The molecule has 15 heavy (non-hydrogen) atoms. The molecule has 0 radical (unpaired) electrons. The van der Waals surface area contributed by atoms with E-state index in [4.69, 9.17) is 10.5 Å². The monoisotopic (exact) mass is 209 g/mol. The zero-order valence-electron chi connectivity index (χ0n) is 8.72. The zero-order chi connectivity index (χ0) is 10.8. The number of ether oxygens (including phenoxy) is 1. The minimum absolute atomic E-state index is 0.0302. The van der Waals surface area contributed by atoms with Crippen molar-refractivity contribution in [2.45, 2.75) is 25.0 Å². The highest BCUT2D eigenvalue weighted by atomic mass is 16.5. The van der Waals surface area contributed by atoms with Gasteiger partial charge in [0.2, 0.25) is 5.78 Å². The van der Waals surface area contributed by atoms with E-state index in [0.717, 1.165) is 12.8 Å². The van der Waals surface area contributed by atoms with Crippen LogP contribution in [0.4, 0.5) is 0 Å². The second-order valence-corrected chi connectivity index (χ2v) is 3.85. The summed E-state index contributed by atoms with van der Waals surface area (Å²) in [6.07, 6.45) is 4.61. The lowest BCUT2D eigenvalue weighted by atomic mass is 10.1. The summed E-state index contributed by atoms with van der Waals surface area (Å²) in [4.78, 5) is 15.9. The number of aryl methyl sites for hydroxylation is 1. The van der Waals surface area contributed by atoms with Gasteiger partial charge in [-0.25, -0.2) is 4.98 Å². The van der Waals surface area contributed by atoms with Crippen molar-refractivity contribution in [3.63, 3.8) is 0 Å². The number of carbonyl (C=O) groups is 1. The van der Waals surface area contributed by atoms with Gasteiger partial charge in [0.15, 0.2) is 0 Å². The van der Waals surface area contributed by atoms with Gasteiger partial charge in [0.1, 0.15) is 11.8 Å². The first-order valence-electron chi connectivity index (χ1n) is 5.08. The molecule has 82 valence electrons. The Kier molecular flexibility index (Phi) is 2.83. The molecule has 1 fully saturated rings. The van der Waals surface area contributed by atoms with Crippen LogP contribution < -0.4 is 5.73 Å². The number of imidazole rings is 1. The average Bonchev–Trinajstić information content (AvgIpc) is 2.84. The summed E-state index contributed by atoms with van der Waals surface area (Å²) in [7, 11) is 1.84. The van der Waals surface area contributed by atoms with Crippen molar-refractivity contribution in [1.82, 2.24) is 9.55 Å². The van der Waals surface area contributed by atoms with Crippen molar-refractivity contribution in [3.8, 4) is 0 Å². The van der Waals surface area contributed by atoms with Crippen LogP contribution in [-0.4, -0.2) is 34.1 Å². The van der Waals surface area contributed by atoms with Gasteiger partial charge in [0, 0.05) is 19.8 Å². The highest BCUT2D eigenvalue weighted by Gasteiger charge is 2.31. The van der Waals surface area contributed by atoms with Crippen molar-refractivity contribution in [2.24, 2.45) is 12.8 Å². The van der Waals surface area contributed by atoms with Gasteiger partial charge in [-0.3, -0.25) is 4.79 Å². The standard InChI is InChI=1S/C10H15N3O2/c1-13-5-8(12-6-13)10(14)9-3-2-7(4-11)15-9/h5-7,9H,2-4,11H2,1H3. The highest BCUT2D eigenvalue weighted by Crippen LogP contribution is 2.21. The first-order valence-corrected chi connectivity index (χ1v) is 5.08. The van der Waals surface area contributed by atoms with Gasteiger partial charge in [-0.05, 0) is 12.8 Å². The number of nitrogens with zero attached hydrogens (tertiary/aromatic N) is 2. The van der Waals surface area contributed by atoms with E-state index in [1.54, 1.807) is 17.1 Å². The number of hydrogen-bond acceptors (Lipinski definition) is 4. The number of aromatic nitrogens is 2. The van der Waals surface area contributed by atoms with E-state index in [-0.39, 0.29) is 18.0 Å². The fourth-order valence-corrected chi connectivity index (χ4v) is 1.78. The van der Waals surface area contributed by atoms with Gasteiger partial charge >= 0.3 is 0 Å². The third kappa shape index (κ3) is 2.08. The summed E-state index contributed by atoms with van der Waals surface area (Å²) in [6, 6.07) is 0. The number of Topliss-reactive ketones (excluding diaryl/α,β-unsaturated/α-hetero) is 1. The summed E-state index contributed by atoms with van der Waals surface area (Å²) < 4.78 is 7.26. The van der Waals surface area contributed by atoms with Crippen LogP contribution in [0.1, 0.15) is 23.3 Å². The van der Waals surface area contributed by atoms with Crippen LogP contribution in [0.25, 0.3) is 0 Å². The topological polar surface area (TPSA) is 70.1 Å². The molecule has 0 aromatic carbocycles. The molecule has 2 N–H and O–H groups in total. The maximum absolute atomic E-state index is 11.9. The quantitative estimate of drug-likeness (QED) is 0.717. The molecule has 0 saturated carbocycles. The molecule has 1 saturated heterocycles. The molecule has 2 heterocycles. The number of hydrogen-bond donors (Lipinski definition) is 1. The van der Waals surface area contributed by atoms with Crippen LogP contribution in [0.2, 0.25) is 0 Å². The molecular weight excluding hydrogens is 194 g/mol. The van der Waals surface area contributed by atoms with Gasteiger partial charge in [-0.2, -0.15) is 0 Å². The molecule has 1 aliphatic rings. The van der Waals surface area contributed by atoms with E-state index in [0.29, 0.717) is 12.2 Å². The molecule has 1 aliphatic heterocycles. The van der Waals surface area contributed by atoms with Crippen LogP contribution in [0, 0.1) is 0 Å². The smallest absolute Gasteiger partial charge is 0.211 e. The van der Waals surface area contributed by atoms with Gasteiger partial charge in [0.05, 0.1) is 12.4 Å². The Morgan fingerprint density at radius 1 is 1.73 bits per heavy atom. The molecule has 5 heteroatoms. The number of nitrogens with two attached hydrogens (primary N) is 1. The first-order chi connectivity index (χ1) is 7.20. The first kappa shape index (κ1) is 10.3. The number of ketones is 1. The van der Waals surface area contributed by atoms with Crippen LogP contribution in [0.15, 0.2) is 12.5 Å². The lowest BCUT2D eigenvalue weighted by Gasteiger charge is -2.09. The third-order valence-corrected chi connectivity index (χ3v) is 2.62. The molecule has 0 bridgehead atoms. The fraction of sp³-hybridized carbons (Fsp3) is 0.600. The van der Waals surface area contributed by atoms with E-state index >= 15 is 0 Å². The van der Waals surface area contributed by atoms with Crippen LogP contribution in [0.3, 0.4) is 0 Å². The minimum atomic E-state index is -0.353. The molecule has 5 nitrogen and oxygen atoms in total. The summed E-state index contributed by atoms with van der Waals surface area (Å²) in [5.41, 5.74) is 5.96. The van der Waals surface area contributed by atoms with Crippen molar-refractivity contribution in [3.05, 3.63) is 18.2 Å².